The minimum absolute atomic E-state index is 0.168. The van der Waals surface area contributed by atoms with E-state index in [4.69, 9.17) is 0 Å². The van der Waals surface area contributed by atoms with E-state index >= 15 is 0 Å². The highest BCUT2D eigenvalue weighted by molar-refractivity contribution is 5.43. The molecule has 1 aliphatic heterocycles. The number of hydrogen-bond donors (Lipinski definition) is 1. The van der Waals surface area contributed by atoms with Crippen molar-refractivity contribution in [3.63, 3.8) is 0 Å². The lowest BCUT2D eigenvalue weighted by Crippen LogP contribution is -2.24. The minimum Gasteiger partial charge on any atom is -0.311 e. The van der Waals surface area contributed by atoms with Gasteiger partial charge in [-0.3, -0.25) is 0 Å². The average molecular weight is 231 g/mol. The third-order valence-corrected chi connectivity index (χ3v) is 3.28. The molecular weight excluding hydrogens is 217 g/mol. The number of imidazole rings is 1. The Balaban J connectivity index is 2.15. The Kier molecular flexibility index (Phi) is 2.44. The molecule has 4 heteroatoms. The summed E-state index contributed by atoms with van der Waals surface area (Å²) in [6.45, 7) is 3.56. The third kappa shape index (κ3) is 1.65. The van der Waals surface area contributed by atoms with E-state index in [0.717, 1.165) is 30.9 Å². The van der Waals surface area contributed by atoms with Crippen molar-refractivity contribution in [3.8, 4) is 5.69 Å². The SMILES string of the molecule is Cc1c(F)cccc1-n1cnc2c1CCNC2. The van der Waals surface area contributed by atoms with Crippen LogP contribution in [0.5, 0.6) is 0 Å². The van der Waals surface area contributed by atoms with E-state index in [-0.39, 0.29) is 5.82 Å². The molecule has 3 rings (SSSR count). The van der Waals surface area contributed by atoms with Gasteiger partial charge < -0.3 is 9.88 Å². The number of benzene rings is 1. The molecule has 0 fully saturated rings. The van der Waals surface area contributed by atoms with Gasteiger partial charge >= 0.3 is 0 Å². The Labute approximate surface area is 99.3 Å². The molecule has 0 atom stereocenters. The summed E-state index contributed by atoms with van der Waals surface area (Å²) in [7, 11) is 0. The van der Waals surface area contributed by atoms with Crippen LogP contribution >= 0.6 is 0 Å². The van der Waals surface area contributed by atoms with Crippen molar-refractivity contribution in [3.05, 3.63) is 47.3 Å². The highest BCUT2D eigenvalue weighted by atomic mass is 19.1. The fourth-order valence-corrected chi connectivity index (χ4v) is 2.30. The molecule has 0 saturated heterocycles. The first-order valence-corrected chi connectivity index (χ1v) is 5.78. The largest absolute Gasteiger partial charge is 0.311 e. The normalized spacial score (nSPS) is 14.7. The highest BCUT2D eigenvalue weighted by Crippen LogP contribution is 2.22. The van der Waals surface area contributed by atoms with E-state index in [0.29, 0.717) is 5.56 Å². The number of rotatable bonds is 1. The summed E-state index contributed by atoms with van der Waals surface area (Å²) >= 11 is 0. The molecule has 0 saturated carbocycles. The van der Waals surface area contributed by atoms with Crippen molar-refractivity contribution in [2.45, 2.75) is 19.9 Å². The van der Waals surface area contributed by atoms with E-state index in [1.54, 1.807) is 19.3 Å². The highest BCUT2D eigenvalue weighted by Gasteiger charge is 2.17. The van der Waals surface area contributed by atoms with Gasteiger partial charge in [0.2, 0.25) is 0 Å². The number of halogens is 1. The summed E-state index contributed by atoms with van der Waals surface area (Å²) in [6, 6.07) is 5.16. The summed E-state index contributed by atoms with van der Waals surface area (Å²) in [6.07, 6.45) is 2.73. The van der Waals surface area contributed by atoms with Crippen LogP contribution in [0.4, 0.5) is 4.39 Å². The zero-order valence-corrected chi connectivity index (χ0v) is 9.70. The van der Waals surface area contributed by atoms with Crippen LogP contribution in [0.25, 0.3) is 5.69 Å². The predicted octanol–water partition coefficient (Wildman–Crippen LogP) is 1.97. The van der Waals surface area contributed by atoms with Gasteiger partial charge in [0, 0.05) is 30.8 Å². The Hall–Kier alpha value is -1.68. The van der Waals surface area contributed by atoms with Crippen molar-refractivity contribution in [1.82, 2.24) is 14.9 Å². The van der Waals surface area contributed by atoms with Gasteiger partial charge in [0.15, 0.2) is 0 Å². The van der Waals surface area contributed by atoms with E-state index in [1.807, 2.05) is 10.6 Å². The van der Waals surface area contributed by atoms with E-state index < -0.39 is 0 Å². The molecule has 3 nitrogen and oxygen atoms in total. The number of nitrogens with zero attached hydrogens (tertiary/aromatic N) is 2. The first-order valence-electron chi connectivity index (χ1n) is 5.78. The van der Waals surface area contributed by atoms with Gasteiger partial charge in [0.1, 0.15) is 5.82 Å². The Morgan fingerprint density at radius 3 is 3.18 bits per heavy atom. The molecule has 1 aromatic heterocycles. The van der Waals surface area contributed by atoms with Crippen molar-refractivity contribution in [1.29, 1.82) is 0 Å². The molecular formula is C13H14FN3. The molecule has 2 heterocycles. The number of hydrogen-bond acceptors (Lipinski definition) is 2. The summed E-state index contributed by atoms with van der Waals surface area (Å²) in [5.41, 5.74) is 3.82. The van der Waals surface area contributed by atoms with Crippen LogP contribution in [0.3, 0.4) is 0 Å². The molecule has 1 N–H and O–H groups in total. The van der Waals surface area contributed by atoms with Crippen LogP contribution in [0.1, 0.15) is 17.0 Å². The molecule has 0 bridgehead atoms. The Morgan fingerprint density at radius 2 is 2.29 bits per heavy atom. The van der Waals surface area contributed by atoms with Gasteiger partial charge in [-0.1, -0.05) is 6.07 Å². The van der Waals surface area contributed by atoms with Crippen LogP contribution < -0.4 is 5.32 Å². The lowest BCUT2D eigenvalue weighted by atomic mass is 10.1. The second-order valence-corrected chi connectivity index (χ2v) is 4.32. The fourth-order valence-electron chi connectivity index (χ4n) is 2.30. The summed E-state index contributed by atoms with van der Waals surface area (Å²) < 4.78 is 15.6. The summed E-state index contributed by atoms with van der Waals surface area (Å²) in [5, 5.41) is 3.28. The van der Waals surface area contributed by atoms with Crippen LogP contribution in [0.15, 0.2) is 24.5 Å². The molecule has 88 valence electrons. The van der Waals surface area contributed by atoms with Gasteiger partial charge in [-0.2, -0.15) is 0 Å². The molecule has 1 aliphatic rings. The van der Waals surface area contributed by atoms with Crippen molar-refractivity contribution < 1.29 is 4.39 Å². The maximum Gasteiger partial charge on any atom is 0.128 e. The molecule has 0 spiro atoms. The number of aromatic nitrogens is 2. The Bertz CT molecular complexity index is 560. The zero-order chi connectivity index (χ0) is 11.8. The number of nitrogens with one attached hydrogen (secondary N) is 1. The first kappa shape index (κ1) is 10.5. The lowest BCUT2D eigenvalue weighted by Gasteiger charge is -2.16. The molecule has 0 radical (unpaired) electrons. The standard InChI is InChI=1S/C13H14FN3/c1-9-10(14)3-2-4-12(9)17-8-16-11-7-15-6-5-13(11)17/h2-4,8,15H,5-7H2,1H3. The minimum atomic E-state index is -0.168. The van der Waals surface area contributed by atoms with Crippen LogP contribution in [-0.4, -0.2) is 16.1 Å². The van der Waals surface area contributed by atoms with Crippen molar-refractivity contribution in [2.24, 2.45) is 0 Å². The Morgan fingerprint density at radius 1 is 1.41 bits per heavy atom. The van der Waals surface area contributed by atoms with Crippen molar-refractivity contribution >= 4 is 0 Å². The second-order valence-electron chi connectivity index (χ2n) is 4.32. The van der Waals surface area contributed by atoms with Crippen LogP contribution in [0, 0.1) is 12.7 Å². The van der Waals surface area contributed by atoms with Gasteiger partial charge in [-0.15, -0.1) is 0 Å². The summed E-state index contributed by atoms with van der Waals surface area (Å²) in [5.74, 6) is -0.168. The third-order valence-electron chi connectivity index (χ3n) is 3.28. The van der Waals surface area contributed by atoms with Crippen molar-refractivity contribution in [2.75, 3.05) is 6.54 Å². The maximum atomic E-state index is 13.6. The van der Waals surface area contributed by atoms with Gasteiger partial charge in [0.05, 0.1) is 17.7 Å². The molecule has 1 aromatic carbocycles. The molecule has 0 unspecified atom stereocenters. The monoisotopic (exact) mass is 231 g/mol. The van der Waals surface area contributed by atoms with Crippen LogP contribution in [0.2, 0.25) is 0 Å². The van der Waals surface area contributed by atoms with E-state index in [9.17, 15) is 4.39 Å². The lowest BCUT2D eigenvalue weighted by molar-refractivity contribution is 0.610. The van der Waals surface area contributed by atoms with E-state index in [1.165, 1.54) is 11.8 Å². The number of fused-ring (bicyclic) bond motifs is 1. The molecule has 0 amide bonds. The van der Waals surface area contributed by atoms with Crippen LogP contribution in [-0.2, 0) is 13.0 Å². The first-order chi connectivity index (χ1) is 8.27. The molecule has 0 aliphatic carbocycles. The van der Waals surface area contributed by atoms with Gasteiger partial charge in [-0.05, 0) is 19.1 Å². The second kappa shape index (κ2) is 3.96. The molecule has 2 aromatic rings. The fraction of sp³-hybridized carbons (Fsp3) is 0.308. The summed E-state index contributed by atoms with van der Waals surface area (Å²) in [4.78, 5) is 4.38. The smallest absolute Gasteiger partial charge is 0.128 e. The quantitative estimate of drug-likeness (QED) is 0.813. The topological polar surface area (TPSA) is 29.9 Å². The zero-order valence-electron chi connectivity index (χ0n) is 9.70. The average Bonchev–Trinajstić information content (AvgIpc) is 2.77. The predicted molar refractivity (Wildman–Crippen MR) is 63.7 cm³/mol. The van der Waals surface area contributed by atoms with Gasteiger partial charge in [-0.25, -0.2) is 9.37 Å². The maximum absolute atomic E-state index is 13.6. The van der Waals surface area contributed by atoms with Gasteiger partial charge in [0.25, 0.3) is 0 Å². The van der Waals surface area contributed by atoms with E-state index in [2.05, 4.69) is 10.3 Å². The molecule has 17 heavy (non-hydrogen) atoms.